The van der Waals surface area contributed by atoms with E-state index in [2.05, 4.69) is 6.92 Å². The molecule has 0 amide bonds. The molecule has 1 aliphatic rings. The summed E-state index contributed by atoms with van der Waals surface area (Å²) in [5, 5.41) is 0. The van der Waals surface area contributed by atoms with E-state index in [0.29, 0.717) is 5.92 Å². The summed E-state index contributed by atoms with van der Waals surface area (Å²) in [7, 11) is 0. The molecule has 0 aromatic heterocycles. The average Bonchev–Trinajstić information content (AvgIpc) is 2.84. The van der Waals surface area contributed by atoms with Crippen LogP contribution >= 0.6 is 0 Å². The van der Waals surface area contributed by atoms with Crippen LogP contribution in [0.5, 0.6) is 11.5 Å². The molecule has 206 valence electrons. The van der Waals surface area contributed by atoms with Gasteiger partial charge in [-0.2, -0.15) is 22.0 Å². The molecule has 0 radical (unpaired) electrons. The largest absolute Gasteiger partial charge is 0.491 e. The number of hydrogen-bond donors (Lipinski definition) is 0. The van der Waals surface area contributed by atoms with Crippen LogP contribution in [-0.4, -0.2) is 12.7 Å². The summed E-state index contributed by atoms with van der Waals surface area (Å²) in [6.45, 7) is 3.68. The van der Waals surface area contributed by atoms with Crippen LogP contribution in [-0.2, 0) is 12.6 Å². The number of ether oxygens (including phenoxy) is 2. The standard InChI is InChI=1S/C29H36F6O2/c1-3-5-6-7-20-8-10-21(11-9-20)22-12-15-24(16-13-22)37-28(31,32)19-18-23-14-17-25(36-4-2)27(30)26(23)29(33,34)35/h12-17,20-21H,3-11,18-19H2,1-2H3. The normalized spacial score (nSPS) is 18.6. The zero-order valence-electron chi connectivity index (χ0n) is 21.5. The first-order valence-corrected chi connectivity index (χ1v) is 13.2. The van der Waals surface area contributed by atoms with Gasteiger partial charge in [0.2, 0.25) is 0 Å². The van der Waals surface area contributed by atoms with Crippen molar-refractivity contribution in [3.05, 3.63) is 58.9 Å². The summed E-state index contributed by atoms with van der Waals surface area (Å²) in [5.41, 5.74) is -1.07. The van der Waals surface area contributed by atoms with E-state index in [1.807, 2.05) is 0 Å². The van der Waals surface area contributed by atoms with Crippen molar-refractivity contribution in [1.29, 1.82) is 0 Å². The molecular weight excluding hydrogens is 494 g/mol. The van der Waals surface area contributed by atoms with Crippen LogP contribution < -0.4 is 9.47 Å². The van der Waals surface area contributed by atoms with E-state index in [1.54, 1.807) is 12.1 Å². The summed E-state index contributed by atoms with van der Waals surface area (Å²) < 4.78 is 93.6. The number of benzene rings is 2. The highest BCUT2D eigenvalue weighted by Gasteiger charge is 2.40. The van der Waals surface area contributed by atoms with E-state index in [-0.39, 0.29) is 12.4 Å². The Morgan fingerprint density at radius 3 is 2.14 bits per heavy atom. The van der Waals surface area contributed by atoms with E-state index < -0.39 is 47.8 Å². The van der Waals surface area contributed by atoms with Gasteiger partial charge in [-0.1, -0.05) is 50.8 Å². The Hall–Kier alpha value is -2.38. The van der Waals surface area contributed by atoms with Crippen LogP contribution in [0.4, 0.5) is 26.3 Å². The summed E-state index contributed by atoms with van der Waals surface area (Å²) in [5.74, 6) is -1.05. The maximum Gasteiger partial charge on any atom is 0.419 e. The molecule has 2 aromatic rings. The van der Waals surface area contributed by atoms with Gasteiger partial charge < -0.3 is 9.47 Å². The minimum absolute atomic E-state index is 0.0292. The summed E-state index contributed by atoms with van der Waals surface area (Å²) in [6.07, 6.45) is -0.979. The van der Waals surface area contributed by atoms with E-state index in [0.717, 1.165) is 36.5 Å². The fourth-order valence-corrected chi connectivity index (χ4v) is 5.16. The maximum absolute atomic E-state index is 14.5. The number of halogens is 6. The highest BCUT2D eigenvalue weighted by Crippen LogP contribution is 2.40. The zero-order valence-corrected chi connectivity index (χ0v) is 21.5. The molecule has 0 bridgehead atoms. The number of rotatable bonds is 12. The molecule has 0 saturated heterocycles. The third-order valence-electron chi connectivity index (χ3n) is 7.14. The molecule has 0 unspecified atom stereocenters. The molecular formula is C29H36F6O2. The number of aryl methyl sites for hydroxylation is 1. The van der Waals surface area contributed by atoms with Gasteiger partial charge in [0.25, 0.3) is 0 Å². The quantitative estimate of drug-likeness (QED) is 0.201. The van der Waals surface area contributed by atoms with Gasteiger partial charge >= 0.3 is 12.3 Å². The van der Waals surface area contributed by atoms with Gasteiger partial charge in [-0.3, -0.25) is 0 Å². The molecule has 0 aliphatic heterocycles. The van der Waals surface area contributed by atoms with Gasteiger partial charge in [-0.05, 0) is 80.2 Å². The maximum atomic E-state index is 14.5. The smallest absolute Gasteiger partial charge is 0.419 e. The summed E-state index contributed by atoms with van der Waals surface area (Å²) >= 11 is 0. The van der Waals surface area contributed by atoms with Crippen LogP contribution in [0.15, 0.2) is 36.4 Å². The lowest BCUT2D eigenvalue weighted by Crippen LogP contribution is -2.26. The van der Waals surface area contributed by atoms with Gasteiger partial charge in [0.1, 0.15) is 5.75 Å². The second-order valence-corrected chi connectivity index (χ2v) is 9.86. The molecule has 1 saturated carbocycles. The van der Waals surface area contributed by atoms with Crippen molar-refractivity contribution in [1.82, 2.24) is 0 Å². The highest BCUT2D eigenvalue weighted by molar-refractivity contribution is 5.40. The third-order valence-corrected chi connectivity index (χ3v) is 7.14. The van der Waals surface area contributed by atoms with Gasteiger partial charge in [0.05, 0.1) is 18.6 Å². The van der Waals surface area contributed by atoms with E-state index in [1.165, 1.54) is 57.6 Å². The Morgan fingerprint density at radius 2 is 1.54 bits per heavy atom. The van der Waals surface area contributed by atoms with E-state index in [4.69, 9.17) is 9.47 Å². The first-order valence-electron chi connectivity index (χ1n) is 13.2. The monoisotopic (exact) mass is 530 g/mol. The number of unbranched alkanes of at least 4 members (excludes halogenated alkanes) is 2. The van der Waals surface area contributed by atoms with Crippen molar-refractivity contribution in [2.75, 3.05) is 6.61 Å². The first-order chi connectivity index (χ1) is 17.5. The Kier molecular flexibility index (Phi) is 10.2. The Balaban J connectivity index is 1.58. The second-order valence-electron chi connectivity index (χ2n) is 9.86. The minimum atomic E-state index is -5.05. The van der Waals surface area contributed by atoms with Crippen molar-refractivity contribution < 1.29 is 35.8 Å². The van der Waals surface area contributed by atoms with Crippen LogP contribution in [0.25, 0.3) is 0 Å². The Bertz CT molecular complexity index is 979. The van der Waals surface area contributed by atoms with Crippen molar-refractivity contribution in [2.24, 2.45) is 5.92 Å². The van der Waals surface area contributed by atoms with E-state index >= 15 is 0 Å². The predicted molar refractivity (Wildman–Crippen MR) is 132 cm³/mol. The molecule has 2 nitrogen and oxygen atoms in total. The van der Waals surface area contributed by atoms with Crippen LogP contribution in [0, 0.1) is 11.7 Å². The Morgan fingerprint density at radius 1 is 0.865 bits per heavy atom. The first kappa shape index (κ1) is 29.2. The van der Waals surface area contributed by atoms with Crippen molar-refractivity contribution in [3.8, 4) is 11.5 Å². The molecule has 0 heterocycles. The van der Waals surface area contributed by atoms with Gasteiger partial charge in [-0.25, -0.2) is 4.39 Å². The van der Waals surface area contributed by atoms with Crippen molar-refractivity contribution >= 4 is 0 Å². The lowest BCUT2D eigenvalue weighted by molar-refractivity contribution is -0.180. The van der Waals surface area contributed by atoms with Gasteiger partial charge in [-0.15, -0.1) is 0 Å². The third kappa shape index (κ3) is 8.30. The fraction of sp³-hybridized carbons (Fsp3) is 0.586. The predicted octanol–water partition coefficient (Wildman–Crippen LogP) is 9.70. The number of alkyl halides is 5. The second kappa shape index (κ2) is 12.9. The van der Waals surface area contributed by atoms with Crippen molar-refractivity contribution in [2.45, 2.75) is 96.3 Å². The lowest BCUT2D eigenvalue weighted by atomic mass is 9.77. The molecule has 1 fully saturated rings. The topological polar surface area (TPSA) is 18.5 Å². The molecule has 37 heavy (non-hydrogen) atoms. The van der Waals surface area contributed by atoms with E-state index in [9.17, 15) is 26.3 Å². The van der Waals surface area contributed by atoms with Gasteiger partial charge in [0.15, 0.2) is 11.6 Å². The fourth-order valence-electron chi connectivity index (χ4n) is 5.16. The summed E-state index contributed by atoms with van der Waals surface area (Å²) in [4.78, 5) is 0. The molecule has 1 aliphatic carbocycles. The summed E-state index contributed by atoms with van der Waals surface area (Å²) in [6, 6.07) is 8.54. The molecule has 0 atom stereocenters. The minimum Gasteiger partial charge on any atom is -0.491 e. The molecule has 0 N–H and O–H groups in total. The van der Waals surface area contributed by atoms with Crippen molar-refractivity contribution in [3.63, 3.8) is 0 Å². The lowest BCUT2D eigenvalue weighted by Gasteiger charge is -2.29. The SMILES string of the molecule is CCCCCC1CCC(c2ccc(OC(F)(F)CCc3ccc(OCC)c(F)c3C(F)(F)F)cc2)CC1. The molecule has 2 aromatic carbocycles. The highest BCUT2D eigenvalue weighted by atomic mass is 19.4. The van der Waals surface area contributed by atoms with Gasteiger partial charge in [0, 0.05) is 0 Å². The van der Waals surface area contributed by atoms with Crippen LogP contribution in [0.1, 0.15) is 94.2 Å². The van der Waals surface area contributed by atoms with Crippen LogP contribution in [0.3, 0.4) is 0 Å². The molecule has 0 spiro atoms. The number of hydrogen-bond acceptors (Lipinski definition) is 2. The Labute approximate surface area is 215 Å². The molecule has 3 rings (SSSR count). The molecule has 8 heteroatoms. The zero-order chi connectivity index (χ0) is 27.1. The van der Waals surface area contributed by atoms with Crippen LogP contribution in [0.2, 0.25) is 0 Å². The average molecular weight is 531 g/mol.